The normalized spacial score (nSPS) is 14.3. The zero-order chi connectivity index (χ0) is 20.1. The molecule has 148 valence electrons. The van der Waals surface area contributed by atoms with Gasteiger partial charge in [0, 0.05) is 23.5 Å². The highest BCUT2D eigenvalue weighted by molar-refractivity contribution is 6.02. The summed E-state index contributed by atoms with van der Waals surface area (Å²) in [6.07, 6.45) is 6.31. The molecule has 0 spiro atoms. The number of hydrogen-bond donors (Lipinski definition) is 2. The third-order valence-corrected chi connectivity index (χ3v) is 5.15. The van der Waals surface area contributed by atoms with Gasteiger partial charge in [0.1, 0.15) is 5.69 Å². The van der Waals surface area contributed by atoms with E-state index in [0.717, 1.165) is 5.69 Å². The Morgan fingerprint density at radius 3 is 2.28 bits per heavy atom. The number of nitrogens with zero attached hydrogens (tertiary/aromatic N) is 2. The number of anilines is 2. The van der Waals surface area contributed by atoms with Crippen LogP contribution in [0.4, 0.5) is 11.4 Å². The second kappa shape index (κ2) is 8.73. The number of benzene rings is 2. The first-order chi connectivity index (χ1) is 14.2. The maximum Gasteiger partial charge on any atom is 0.276 e. The lowest BCUT2D eigenvalue weighted by Crippen LogP contribution is -2.24. The Morgan fingerprint density at radius 2 is 1.55 bits per heavy atom. The van der Waals surface area contributed by atoms with E-state index in [9.17, 15) is 9.59 Å². The lowest BCUT2D eigenvalue weighted by atomic mass is 9.95. The number of carbonyl (C=O) groups excluding carboxylic acids is 1. The molecule has 0 radical (unpaired) electrons. The topological polar surface area (TPSA) is 76.0 Å². The highest BCUT2D eigenvalue weighted by Gasteiger charge is 2.14. The molecule has 1 heterocycles. The fourth-order valence-corrected chi connectivity index (χ4v) is 3.61. The molecule has 4 rings (SSSR count). The van der Waals surface area contributed by atoms with Crippen LogP contribution in [0.2, 0.25) is 0 Å². The van der Waals surface area contributed by atoms with Crippen molar-refractivity contribution in [3.63, 3.8) is 0 Å². The van der Waals surface area contributed by atoms with Crippen molar-refractivity contribution in [3.8, 4) is 5.69 Å². The summed E-state index contributed by atoms with van der Waals surface area (Å²) in [5.74, 6) is -0.359. The molecular weight excluding hydrogens is 364 g/mol. The van der Waals surface area contributed by atoms with Crippen molar-refractivity contribution in [3.05, 3.63) is 82.8 Å². The van der Waals surface area contributed by atoms with Crippen LogP contribution in [0.3, 0.4) is 0 Å². The van der Waals surface area contributed by atoms with E-state index in [-0.39, 0.29) is 17.2 Å². The van der Waals surface area contributed by atoms with Gasteiger partial charge in [0.25, 0.3) is 11.5 Å². The van der Waals surface area contributed by atoms with Crippen molar-refractivity contribution in [2.24, 2.45) is 0 Å². The Balaban J connectivity index is 1.44. The zero-order valence-corrected chi connectivity index (χ0v) is 16.2. The Labute approximate surface area is 169 Å². The number of rotatable bonds is 5. The van der Waals surface area contributed by atoms with Gasteiger partial charge in [-0.2, -0.15) is 9.78 Å². The van der Waals surface area contributed by atoms with Crippen LogP contribution in [0, 0.1) is 0 Å². The quantitative estimate of drug-likeness (QED) is 0.686. The fraction of sp³-hybridized carbons (Fsp3) is 0.261. The van der Waals surface area contributed by atoms with Gasteiger partial charge in [-0.3, -0.25) is 9.59 Å². The highest BCUT2D eigenvalue weighted by atomic mass is 16.2. The van der Waals surface area contributed by atoms with Crippen LogP contribution in [0.25, 0.3) is 5.69 Å². The standard InChI is InChI=1S/C23H24N4O2/c28-22-16-15-21(26-27(22)20-9-5-2-6-10-20)23(29)25-19-13-11-18(12-14-19)24-17-7-3-1-4-8-17/h2,5-6,9-17,24H,1,3-4,7-8H2,(H,25,29). The first-order valence-electron chi connectivity index (χ1n) is 10.0. The molecule has 6 heteroatoms. The van der Waals surface area contributed by atoms with E-state index < -0.39 is 0 Å². The van der Waals surface area contributed by atoms with E-state index in [4.69, 9.17) is 0 Å². The molecule has 1 aliphatic rings. The van der Waals surface area contributed by atoms with Gasteiger partial charge in [-0.1, -0.05) is 37.5 Å². The third-order valence-electron chi connectivity index (χ3n) is 5.15. The zero-order valence-electron chi connectivity index (χ0n) is 16.2. The van der Waals surface area contributed by atoms with Gasteiger partial charge in [-0.25, -0.2) is 0 Å². The van der Waals surface area contributed by atoms with E-state index in [0.29, 0.717) is 17.4 Å². The summed E-state index contributed by atoms with van der Waals surface area (Å²) in [5, 5.41) is 10.6. The van der Waals surface area contributed by atoms with Gasteiger partial charge in [-0.15, -0.1) is 0 Å². The van der Waals surface area contributed by atoms with Gasteiger partial charge in [0.2, 0.25) is 0 Å². The van der Waals surface area contributed by atoms with E-state index in [1.807, 2.05) is 42.5 Å². The third kappa shape index (κ3) is 4.71. The monoisotopic (exact) mass is 388 g/mol. The van der Waals surface area contributed by atoms with Crippen LogP contribution in [0.15, 0.2) is 71.5 Å². The van der Waals surface area contributed by atoms with Crippen molar-refractivity contribution in [2.45, 2.75) is 38.1 Å². The van der Waals surface area contributed by atoms with Gasteiger partial charge in [0.15, 0.2) is 0 Å². The number of carbonyl (C=O) groups is 1. The summed E-state index contributed by atoms with van der Waals surface area (Å²) in [6, 6.07) is 20.1. The van der Waals surface area contributed by atoms with Gasteiger partial charge in [-0.05, 0) is 55.3 Å². The molecule has 0 atom stereocenters. The molecule has 0 bridgehead atoms. The highest BCUT2D eigenvalue weighted by Crippen LogP contribution is 2.22. The average Bonchev–Trinajstić information content (AvgIpc) is 2.77. The van der Waals surface area contributed by atoms with Crippen molar-refractivity contribution in [1.29, 1.82) is 0 Å². The van der Waals surface area contributed by atoms with E-state index in [1.54, 1.807) is 12.1 Å². The summed E-state index contributed by atoms with van der Waals surface area (Å²) in [7, 11) is 0. The molecule has 29 heavy (non-hydrogen) atoms. The number of hydrogen-bond acceptors (Lipinski definition) is 4. The molecular formula is C23H24N4O2. The minimum absolute atomic E-state index is 0.179. The van der Waals surface area contributed by atoms with Crippen molar-refractivity contribution < 1.29 is 4.79 Å². The molecule has 2 N–H and O–H groups in total. The van der Waals surface area contributed by atoms with Crippen LogP contribution in [0.5, 0.6) is 0 Å². The van der Waals surface area contributed by atoms with Crippen LogP contribution in [-0.4, -0.2) is 21.7 Å². The van der Waals surface area contributed by atoms with Gasteiger partial charge >= 0.3 is 0 Å². The second-order valence-corrected chi connectivity index (χ2v) is 7.31. The molecule has 0 unspecified atom stereocenters. The van der Waals surface area contributed by atoms with Gasteiger partial charge < -0.3 is 10.6 Å². The molecule has 1 aromatic heterocycles. The first kappa shape index (κ1) is 18.9. The van der Waals surface area contributed by atoms with Crippen LogP contribution in [-0.2, 0) is 0 Å². The Hall–Kier alpha value is -3.41. The number of amides is 1. The van der Waals surface area contributed by atoms with Crippen LogP contribution in [0.1, 0.15) is 42.6 Å². The fourth-order valence-electron chi connectivity index (χ4n) is 3.61. The summed E-state index contributed by atoms with van der Waals surface area (Å²) in [4.78, 5) is 24.7. The lowest BCUT2D eigenvalue weighted by molar-refractivity contribution is 0.102. The Morgan fingerprint density at radius 1 is 0.862 bits per heavy atom. The Kier molecular flexibility index (Phi) is 5.70. The minimum atomic E-state index is -0.359. The summed E-state index contributed by atoms with van der Waals surface area (Å²) < 4.78 is 1.23. The first-order valence-corrected chi connectivity index (χ1v) is 10.0. The maximum atomic E-state index is 12.6. The molecule has 6 nitrogen and oxygen atoms in total. The molecule has 1 saturated carbocycles. The smallest absolute Gasteiger partial charge is 0.276 e. The van der Waals surface area contributed by atoms with Crippen molar-refractivity contribution in [2.75, 3.05) is 10.6 Å². The molecule has 3 aromatic rings. The molecule has 0 saturated heterocycles. The molecule has 1 amide bonds. The number of para-hydroxylation sites is 1. The molecule has 1 aliphatic carbocycles. The molecule has 2 aromatic carbocycles. The number of nitrogens with one attached hydrogen (secondary N) is 2. The Bertz CT molecular complexity index is 1020. The predicted molar refractivity (Wildman–Crippen MR) is 115 cm³/mol. The minimum Gasteiger partial charge on any atom is -0.382 e. The summed E-state index contributed by atoms with van der Waals surface area (Å²) in [5.41, 5.74) is 2.25. The lowest BCUT2D eigenvalue weighted by Gasteiger charge is -2.23. The van der Waals surface area contributed by atoms with E-state index >= 15 is 0 Å². The van der Waals surface area contributed by atoms with Crippen molar-refractivity contribution in [1.82, 2.24) is 9.78 Å². The van der Waals surface area contributed by atoms with E-state index in [1.165, 1.54) is 48.9 Å². The van der Waals surface area contributed by atoms with Crippen LogP contribution >= 0.6 is 0 Å². The molecule has 1 fully saturated rings. The maximum absolute atomic E-state index is 12.6. The van der Waals surface area contributed by atoms with Crippen LogP contribution < -0.4 is 16.2 Å². The molecule has 0 aliphatic heterocycles. The van der Waals surface area contributed by atoms with Crippen molar-refractivity contribution >= 4 is 17.3 Å². The van der Waals surface area contributed by atoms with E-state index in [2.05, 4.69) is 15.7 Å². The largest absolute Gasteiger partial charge is 0.382 e. The summed E-state index contributed by atoms with van der Waals surface area (Å²) >= 11 is 0. The SMILES string of the molecule is O=C(Nc1ccc(NC2CCCCC2)cc1)c1ccc(=O)n(-c2ccccc2)n1. The average molecular weight is 388 g/mol. The van der Waals surface area contributed by atoms with Gasteiger partial charge in [0.05, 0.1) is 5.69 Å². The number of aromatic nitrogens is 2. The predicted octanol–water partition coefficient (Wildman–Crippen LogP) is 4.23. The summed E-state index contributed by atoms with van der Waals surface area (Å²) in [6.45, 7) is 0. The second-order valence-electron chi connectivity index (χ2n) is 7.31.